The Balaban J connectivity index is 1.48. The number of para-hydroxylation sites is 2. The smallest absolute Gasteiger partial charge is 0.495 e. The van der Waals surface area contributed by atoms with Crippen LogP contribution in [-0.2, 0) is 13.6 Å². The van der Waals surface area contributed by atoms with Crippen LogP contribution in [0.25, 0.3) is 5.69 Å². The minimum Gasteiger partial charge on any atom is -0.495 e. The van der Waals surface area contributed by atoms with Crippen molar-refractivity contribution in [2.75, 3.05) is 38.2 Å². The Morgan fingerprint density at radius 2 is 1.65 bits per heavy atom. The first-order chi connectivity index (χ1) is 16.2. The molecule has 0 bridgehead atoms. The molecule has 7 nitrogen and oxygen atoms in total. The predicted molar refractivity (Wildman–Crippen MR) is 123 cm³/mol. The summed E-state index contributed by atoms with van der Waals surface area (Å²) in [5.74, 6) is 0.461. The molecule has 1 aromatic heterocycles. The van der Waals surface area contributed by atoms with E-state index in [1.165, 1.54) is 16.8 Å². The summed E-state index contributed by atoms with van der Waals surface area (Å²) in [6, 6.07) is 13.0. The maximum absolute atomic E-state index is 12.8. The third kappa shape index (κ3) is 5.02. The highest BCUT2D eigenvalue weighted by Crippen LogP contribution is 2.29. The van der Waals surface area contributed by atoms with Crippen molar-refractivity contribution in [1.82, 2.24) is 14.3 Å². The number of nitrogens with zero attached hydrogens (tertiary/aromatic N) is 4. The number of halogens is 4. The van der Waals surface area contributed by atoms with Crippen LogP contribution in [-0.4, -0.2) is 53.9 Å². The van der Waals surface area contributed by atoms with Crippen LogP contribution in [0.2, 0.25) is 5.02 Å². The van der Waals surface area contributed by atoms with Crippen LogP contribution in [0.3, 0.4) is 0 Å². The molecule has 0 spiro atoms. The minimum atomic E-state index is -4.78. The van der Waals surface area contributed by atoms with Crippen molar-refractivity contribution < 1.29 is 22.6 Å². The van der Waals surface area contributed by atoms with Crippen molar-refractivity contribution >= 4 is 17.3 Å². The summed E-state index contributed by atoms with van der Waals surface area (Å²) >= 11 is 6.39. The molecule has 2 aromatic carbocycles. The van der Waals surface area contributed by atoms with Gasteiger partial charge in [0.05, 0.1) is 24.2 Å². The Bertz CT molecular complexity index is 1200. The van der Waals surface area contributed by atoms with Gasteiger partial charge in [-0.2, -0.15) is 0 Å². The molecule has 0 atom stereocenters. The van der Waals surface area contributed by atoms with Crippen molar-refractivity contribution in [2.24, 2.45) is 7.05 Å². The molecule has 1 aliphatic rings. The topological polar surface area (TPSA) is 51.9 Å². The van der Waals surface area contributed by atoms with Gasteiger partial charge in [0, 0.05) is 39.8 Å². The van der Waals surface area contributed by atoms with Crippen LogP contribution < -0.4 is 19.9 Å². The first-order valence-corrected chi connectivity index (χ1v) is 11.0. The van der Waals surface area contributed by atoms with Crippen molar-refractivity contribution in [3.05, 3.63) is 69.6 Å². The van der Waals surface area contributed by atoms with Gasteiger partial charge in [0.2, 0.25) is 0 Å². The van der Waals surface area contributed by atoms with Gasteiger partial charge in [-0.25, -0.2) is 4.68 Å². The molecule has 1 fully saturated rings. The van der Waals surface area contributed by atoms with E-state index in [-0.39, 0.29) is 10.8 Å². The number of ether oxygens (including phenoxy) is 2. The number of hydrogen-bond donors (Lipinski definition) is 0. The highest BCUT2D eigenvalue weighted by atomic mass is 35.5. The van der Waals surface area contributed by atoms with Crippen LogP contribution in [0.5, 0.6) is 11.5 Å². The van der Waals surface area contributed by atoms with Crippen molar-refractivity contribution in [3.8, 4) is 17.2 Å². The van der Waals surface area contributed by atoms with Crippen LogP contribution in [0.15, 0.2) is 53.3 Å². The van der Waals surface area contributed by atoms with Crippen molar-refractivity contribution in [3.63, 3.8) is 0 Å². The Hall–Kier alpha value is -3.11. The molecule has 3 aromatic rings. The van der Waals surface area contributed by atoms with Gasteiger partial charge in [0.15, 0.2) is 0 Å². The standard InChI is InChI=1S/C23H24ClF3N4O3/c1-28-19(15-29-11-13-30(14-12-29)18-5-3-4-6-20(18)33-2)21(24)22(32)31(28)16-7-9-17(10-8-16)34-23(25,26)27/h3-10H,11-15H2,1-2H3. The third-order valence-electron chi connectivity index (χ3n) is 5.81. The van der Waals surface area contributed by atoms with E-state index in [1.807, 2.05) is 24.3 Å². The maximum Gasteiger partial charge on any atom is 0.573 e. The summed E-state index contributed by atoms with van der Waals surface area (Å²) in [5.41, 5.74) is 1.62. The number of aromatic nitrogens is 2. The lowest BCUT2D eigenvalue weighted by molar-refractivity contribution is -0.274. The van der Waals surface area contributed by atoms with Crippen LogP contribution in [0, 0.1) is 0 Å². The summed E-state index contributed by atoms with van der Waals surface area (Å²) in [7, 11) is 3.35. The van der Waals surface area contributed by atoms with Gasteiger partial charge in [-0.15, -0.1) is 13.2 Å². The molecular formula is C23H24ClF3N4O3. The second kappa shape index (κ2) is 9.63. The number of hydrogen-bond acceptors (Lipinski definition) is 5. The molecule has 0 radical (unpaired) electrons. The molecule has 2 heterocycles. The first kappa shape index (κ1) is 24.0. The summed E-state index contributed by atoms with van der Waals surface area (Å²) in [6.07, 6.45) is -4.78. The van der Waals surface area contributed by atoms with Crippen LogP contribution in [0.1, 0.15) is 5.69 Å². The number of methoxy groups -OCH3 is 1. The van der Waals surface area contributed by atoms with Gasteiger partial charge in [0.1, 0.15) is 16.5 Å². The van der Waals surface area contributed by atoms with Gasteiger partial charge >= 0.3 is 6.36 Å². The molecule has 0 N–H and O–H groups in total. The van der Waals surface area contributed by atoms with Crippen molar-refractivity contribution in [1.29, 1.82) is 0 Å². The van der Waals surface area contributed by atoms with Gasteiger partial charge < -0.3 is 14.4 Å². The zero-order chi connectivity index (χ0) is 24.5. The van der Waals surface area contributed by atoms with E-state index in [0.717, 1.165) is 49.7 Å². The fraction of sp³-hybridized carbons (Fsp3) is 0.348. The number of piperazine rings is 1. The molecular weight excluding hydrogens is 473 g/mol. The van der Waals surface area contributed by atoms with E-state index >= 15 is 0 Å². The van der Waals surface area contributed by atoms with E-state index in [9.17, 15) is 18.0 Å². The molecule has 0 unspecified atom stereocenters. The SMILES string of the molecule is COc1ccccc1N1CCN(Cc2c(Cl)c(=O)n(-c3ccc(OC(F)(F)F)cc3)n2C)CC1. The average molecular weight is 497 g/mol. The second-order valence-electron chi connectivity index (χ2n) is 7.88. The highest BCUT2D eigenvalue weighted by molar-refractivity contribution is 6.31. The van der Waals surface area contributed by atoms with Gasteiger partial charge in [-0.3, -0.25) is 14.4 Å². The van der Waals surface area contributed by atoms with E-state index in [1.54, 1.807) is 18.8 Å². The predicted octanol–water partition coefficient (Wildman–Crippen LogP) is 4.06. The number of alkyl halides is 3. The molecule has 0 aliphatic carbocycles. The lowest BCUT2D eigenvalue weighted by Gasteiger charge is -2.36. The summed E-state index contributed by atoms with van der Waals surface area (Å²) in [5, 5.41) is 0.0882. The van der Waals surface area contributed by atoms with E-state index in [2.05, 4.69) is 14.5 Å². The normalized spacial score (nSPS) is 14.9. The maximum atomic E-state index is 12.8. The molecule has 34 heavy (non-hydrogen) atoms. The second-order valence-corrected chi connectivity index (χ2v) is 8.26. The first-order valence-electron chi connectivity index (χ1n) is 10.6. The molecule has 0 amide bonds. The molecule has 1 saturated heterocycles. The quantitative estimate of drug-likeness (QED) is 0.515. The zero-order valence-corrected chi connectivity index (χ0v) is 19.4. The highest BCUT2D eigenvalue weighted by Gasteiger charge is 2.31. The lowest BCUT2D eigenvalue weighted by atomic mass is 10.2. The van der Waals surface area contributed by atoms with E-state index in [0.29, 0.717) is 17.9 Å². The molecule has 0 saturated carbocycles. The van der Waals surface area contributed by atoms with Gasteiger partial charge in [-0.05, 0) is 36.4 Å². The van der Waals surface area contributed by atoms with Crippen LogP contribution in [0.4, 0.5) is 18.9 Å². The molecule has 11 heteroatoms. The summed E-state index contributed by atoms with van der Waals surface area (Å²) < 4.78 is 49.6. The summed E-state index contributed by atoms with van der Waals surface area (Å²) in [4.78, 5) is 17.3. The summed E-state index contributed by atoms with van der Waals surface area (Å²) in [6.45, 7) is 3.56. The van der Waals surface area contributed by atoms with Gasteiger partial charge in [0.25, 0.3) is 5.56 Å². The Morgan fingerprint density at radius 1 is 1.00 bits per heavy atom. The fourth-order valence-electron chi connectivity index (χ4n) is 4.12. The van der Waals surface area contributed by atoms with Gasteiger partial charge in [-0.1, -0.05) is 23.7 Å². The van der Waals surface area contributed by atoms with Crippen molar-refractivity contribution in [2.45, 2.75) is 12.9 Å². The average Bonchev–Trinajstić information content (AvgIpc) is 3.02. The number of rotatable bonds is 6. The Kier molecular flexibility index (Phi) is 6.81. The fourth-order valence-corrected chi connectivity index (χ4v) is 4.38. The van der Waals surface area contributed by atoms with E-state index in [4.69, 9.17) is 16.3 Å². The molecule has 4 rings (SSSR count). The van der Waals surface area contributed by atoms with E-state index < -0.39 is 11.9 Å². The Morgan fingerprint density at radius 3 is 2.26 bits per heavy atom. The number of benzene rings is 2. The largest absolute Gasteiger partial charge is 0.573 e. The zero-order valence-electron chi connectivity index (χ0n) is 18.7. The Labute approximate surface area is 199 Å². The van der Waals surface area contributed by atoms with Crippen LogP contribution >= 0.6 is 11.6 Å². The third-order valence-corrected chi connectivity index (χ3v) is 6.19. The minimum absolute atomic E-state index is 0.0882. The molecule has 182 valence electrons. The molecule has 1 aliphatic heterocycles. The monoisotopic (exact) mass is 496 g/mol. The number of anilines is 1. The lowest BCUT2D eigenvalue weighted by Crippen LogP contribution is -2.46.